The Hall–Kier alpha value is 0.170. The van der Waals surface area contributed by atoms with E-state index in [0.717, 1.165) is 13.2 Å². The minimum atomic E-state index is 0. The summed E-state index contributed by atoms with van der Waals surface area (Å²) in [6.07, 6.45) is 5.12. The molecule has 17 heavy (non-hydrogen) atoms. The topological polar surface area (TPSA) is 24.5 Å². The molecule has 2 aliphatic rings. The largest absolute Gasteiger partial charge is 0.381 e. The lowest BCUT2D eigenvalue weighted by Gasteiger charge is -2.39. The van der Waals surface area contributed by atoms with Crippen molar-refractivity contribution in [2.75, 3.05) is 39.9 Å². The van der Waals surface area contributed by atoms with Crippen LogP contribution in [-0.4, -0.2) is 50.8 Å². The number of likely N-dealkylation sites (N-methyl/N-ethyl adjacent to an activating group) is 1. The quantitative estimate of drug-likeness (QED) is 0.838. The highest BCUT2D eigenvalue weighted by Crippen LogP contribution is 2.35. The third kappa shape index (κ3) is 3.82. The molecule has 4 heteroatoms. The molecule has 3 nitrogen and oxygen atoms in total. The molecular weight excluding hydrogens is 236 g/mol. The normalized spacial score (nSPS) is 28.9. The monoisotopic (exact) mass is 262 g/mol. The molecule has 2 saturated heterocycles. The maximum absolute atomic E-state index is 5.50. The summed E-state index contributed by atoms with van der Waals surface area (Å²) in [6.45, 7) is 8.07. The smallest absolute Gasteiger partial charge is 0.0471 e. The zero-order chi connectivity index (χ0) is 11.4. The molecule has 0 bridgehead atoms. The van der Waals surface area contributed by atoms with E-state index in [-0.39, 0.29) is 12.4 Å². The van der Waals surface area contributed by atoms with Gasteiger partial charge in [-0.3, -0.25) is 0 Å². The molecule has 0 aliphatic carbocycles. The number of nitrogens with one attached hydrogen (secondary N) is 1. The van der Waals surface area contributed by atoms with Gasteiger partial charge in [-0.1, -0.05) is 6.92 Å². The third-order valence-electron chi connectivity index (χ3n) is 4.54. The van der Waals surface area contributed by atoms with Crippen LogP contribution in [0.25, 0.3) is 0 Å². The molecule has 0 aromatic rings. The summed E-state index contributed by atoms with van der Waals surface area (Å²) >= 11 is 0. The Morgan fingerprint density at radius 2 is 2.06 bits per heavy atom. The molecule has 0 aromatic heterocycles. The summed E-state index contributed by atoms with van der Waals surface area (Å²) in [7, 11) is 2.08. The Kier molecular flexibility index (Phi) is 6.21. The van der Waals surface area contributed by atoms with Gasteiger partial charge in [-0.05, 0) is 44.7 Å². The van der Waals surface area contributed by atoms with Crippen LogP contribution in [0, 0.1) is 5.41 Å². The van der Waals surface area contributed by atoms with Gasteiger partial charge in [-0.2, -0.15) is 0 Å². The van der Waals surface area contributed by atoms with Crippen LogP contribution in [-0.2, 0) is 4.74 Å². The Labute approximate surface area is 112 Å². The van der Waals surface area contributed by atoms with E-state index >= 15 is 0 Å². The minimum absolute atomic E-state index is 0. The fourth-order valence-electron chi connectivity index (χ4n) is 3.11. The van der Waals surface area contributed by atoms with E-state index in [9.17, 15) is 0 Å². The van der Waals surface area contributed by atoms with Gasteiger partial charge >= 0.3 is 0 Å². The van der Waals surface area contributed by atoms with E-state index in [1.54, 1.807) is 0 Å². The average molecular weight is 263 g/mol. The van der Waals surface area contributed by atoms with Gasteiger partial charge in [0.15, 0.2) is 0 Å². The summed E-state index contributed by atoms with van der Waals surface area (Å²) in [5.41, 5.74) is 0.543. The van der Waals surface area contributed by atoms with Crippen LogP contribution in [0.1, 0.15) is 32.6 Å². The van der Waals surface area contributed by atoms with Crippen LogP contribution >= 0.6 is 12.4 Å². The van der Waals surface area contributed by atoms with Gasteiger partial charge < -0.3 is 15.0 Å². The van der Waals surface area contributed by atoms with Crippen molar-refractivity contribution in [3.8, 4) is 0 Å². The maximum atomic E-state index is 5.50. The molecule has 0 radical (unpaired) electrons. The zero-order valence-corrected chi connectivity index (χ0v) is 12.0. The van der Waals surface area contributed by atoms with Gasteiger partial charge in [-0.15, -0.1) is 12.4 Å². The Balaban J connectivity index is 0.00000144. The number of likely N-dealkylation sites (tertiary alicyclic amines) is 1. The molecule has 0 spiro atoms. The van der Waals surface area contributed by atoms with Crippen LogP contribution in [0.15, 0.2) is 0 Å². The second-order valence-corrected chi connectivity index (χ2v) is 5.48. The second-order valence-electron chi connectivity index (χ2n) is 5.48. The number of nitrogens with zero attached hydrogens (tertiary/aromatic N) is 1. The predicted molar refractivity (Wildman–Crippen MR) is 73.9 cm³/mol. The molecule has 1 atom stereocenters. The van der Waals surface area contributed by atoms with E-state index in [4.69, 9.17) is 4.74 Å². The van der Waals surface area contributed by atoms with Gasteiger partial charge in [0.05, 0.1) is 0 Å². The molecule has 2 aliphatic heterocycles. The molecule has 1 unspecified atom stereocenters. The minimum Gasteiger partial charge on any atom is -0.381 e. The van der Waals surface area contributed by atoms with E-state index in [1.165, 1.54) is 45.3 Å². The first kappa shape index (κ1) is 15.2. The van der Waals surface area contributed by atoms with E-state index < -0.39 is 0 Å². The fourth-order valence-corrected chi connectivity index (χ4v) is 3.11. The van der Waals surface area contributed by atoms with Crippen molar-refractivity contribution in [1.29, 1.82) is 0 Å². The molecule has 0 aromatic carbocycles. The van der Waals surface area contributed by atoms with Gasteiger partial charge in [0.25, 0.3) is 0 Å². The Bertz CT molecular complexity index is 219. The van der Waals surface area contributed by atoms with Crippen molar-refractivity contribution in [3.05, 3.63) is 0 Å². The molecule has 2 rings (SSSR count). The third-order valence-corrected chi connectivity index (χ3v) is 4.54. The van der Waals surface area contributed by atoms with E-state index in [1.807, 2.05) is 0 Å². The maximum Gasteiger partial charge on any atom is 0.0471 e. The number of halogens is 1. The van der Waals surface area contributed by atoms with Crippen LogP contribution in [0.5, 0.6) is 0 Å². The Morgan fingerprint density at radius 1 is 1.35 bits per heavy atom. The van der Waals surface area contributed by atoms with Crippen molar-refractivity contribution < 1.29 is 4.74 Å². The highest BCUT2D eigenvalue weighted by Gasteiger charge is 2.34. The number of ether oxygens (including phenoxy) is 1. The van der Waals surface area contributed by atoms with Crippen molar-refractivity contribution in [2.45, 2.75) is 38.6 Å². The second kappa shape index (κ2) is 6.93. The molecule has 2 heterocycles. The first-order valence-corrected chi connectivity index (χ1v) is 6.75. The lowest BCUT2D eigenvalue weighted by molar-refractivity contribution is -0.00370. The van der Waals surface area contributed by atoms with Crippen molar-refractivity contribution >= 4 is 12.4 Å². The summed E-state index contributed by atoms with van der Waals surface area (Å²) in [5.74, 6) is 0. The van der Waals surface area contributed by atoms with Crippen molar-refractivity contribution in [1.82, 2.24) is 10.2 Å². The molecule has 0 saturated carbocycles. The summed E-state index contributed by atoms with van der Waals surface area (Å²) in [6, 6.07) is 0.716. The molecular formula is C13H27ClN2O. The van der Waals surface area contributed by atoms with Gasteiger partial charge in [0.2, 0.25) is 0 Å². The Morgan fingerprint density at radius 3 is 2.59 bits per heavy atom. The highest BCUT2D eigenvalue weighted by molar-refractivity contribution is 5.85. The first-order valence-electron chi connectivity index (χ1n) is 6.75. The lowest BCUT2D eigenvalue weighted by Crippen LogP contribution is -2.41. The van der Waals surface area contributed by atoms with Crippen LogP contribution < -0.4 is 5.32 Å². The van der Waals surface area contributed by atoms with E-state index in [2.05, 4.69) is 24.2 Å². The number of hydrogen-bond acceptors (Lipinski definition) is 3. The van der Waals surface area contributed by atoms with Crippen LogP contribution in [0.4, 0.5) is 0 Å². The van der Waals surface area contributed by atoms with Gasteiger partial charge in [-0.25, -0.2) is 0 Å². The molecule has 102 valence electrons. The molecule has 2 fully saturated rings. The summed E-state index contributed by atoms with van der Waals surface area (Å²) in [4.78, 5) is 2.65. The zero-order valence-electron chi connectivity index (χ0n) is 11.2. The summed E-state index contributed by atoms with van der Waals surface area (Å²) in [5, 5.41) is 3.40. The first-order chi connectivity index (χ1) is 7.78. The molecule has 0 amide bonds. The average Bonchev–Trinajstić information content (AvgIpc) is 2.78. The van der Waals surface area contributed by atoms with Crippen LogP contribution in [0.2, 0.25) is 0 Å². The van der Waals surface area contributed by atoms with Crippen molar-refractivity contribution in [2.24, 2.45) is 5.41 Å². The fraction of sp³-hybridized carbons (Fsp3) is 1.00. The van der Waals surface area contributed by atoms with Gasteiger partial charge in [0.1, 0.15) is 0 Å². The predicted octanol–water partition coefficient (Wildman–Crippen LogP) is 1.91. The van der Waals surface area contributed by atoms with Gasteiger partial charge in [0, 0.05) is 32.3 Å². The molecule has 1 N–H and O–H groups in total. The lowest BCUT2D eigenvalue weighted by atomic mass is 9.77. The van der Waals surface area contributed by atoms with E-state index in [0.29, 0.717) is 11.5 Å². The summed E-state index contributed by atoms with van der Waals surface area (Å²) < 4.78 is 5.50. The van der Waals surface area contributed by atoms with Crippen LogP contribution in [0.3, 0.4) is 0 Å². The van der Waals surface area contributed by atoms with Crippen molar-refractivity contribution in [3.63, 3.8) is 0 Å². The SMILES string of the molecule is CCC1(CN2CCC(NC)C2)CCOCC1.Cl. The number of rotatable bonds is 4. The highest BCUT2D eigenvalue weighted by atomic mass is 35.5. The standard InChI is InChI=1S/C13H26N2O.ClH/c1-3-13(5-8-16-9-6-13)11-15-7-4-12(10-15)14-2;/h12,14H,3-11H2,1-2H3;1H. The number of hydrogen-bond donors (Lipinski definition) is 1.